The summed E-state index contributed by atoms with van der Waals surface area (Å²) in [5.41, 5.74) is 1.13. The SMILES string of the molecule is COc1ccc(OC)c([C@@H]2CCCN2CC(=O)N2CCCCC2)c1. The number of carbonyl (C=O) groups is 1. The number of carbonyl (C=O) groups excluding carboxylic acids is 1. The number of ether oxygens (including phenoxy) is 2. The molecule has 2 saturated heterocycles. The number of hydrogen-bond donors (Lipinski definition) is 0. The predicted molar refractivity (Wildman–Crippen MR) is 93.5 cm³/mol. The van der Waals surface area contributed by atoms with Crippen LogP contribution in [0.25, 0.3) is 0 Å². The maximum absolute atomic E-state index is 12.6. The average molecular weight is 332 g/mol. The standard InChI is InChI=1S/C19H28N2O3/c1-23-15-8-9-18(24-2)16(13-15)17-7-6-12-21(17)14-19(22)20-10-4-3-5-11-20/h8-9,13,17H,3-7,10-12,14H2,1-2H3/t17-/m0/s1. The van der Waals surface area contributed by atoms with E-state index in [1.165, 1.54) is 6.42 Å². The van der Waals surface area contributed by atoms with Gasteiger partial charge in [0.2, 0.25) is 5.91 Å². The maximum Gasteiger partial charge on any atom is 0.236 e. The van der Waals surface area contributed by atoms with Crippen molar-refractivity contribution in [1.29, 1.82) is 0 Å². The number of piperidine rings is 1. The van der Waals surface area contributed by atoms with Gasteiger partial charge in [0.1, 0.15) is 11.5 Å². The Morgan fingerprint density at radius 3 is 2.58 bits per heavy atom. The number of amides is 1. The number of likely N-dealkylation sites (tertiary alicyclic amines) is 2. The van der Waals surface area contributed by atoms with Gasteiger partial charge in [-0.1, -0.05) is 0 Å². The molecule has 5 nitrogen and oxygen atoms in total. The van der Waals surface area contributed by atoms with Gasteiger partial charge in [-0.25, -0.2) is 0 Å². The number of rotatable bonds is 5. The van der Waals surface area contributed by atoms with Gasteiger partial charge in [0.25, 0.3) is 0 Å². The normalized spacial score (nSPS) is 21.8. The fraction of sp³-hybridized carbons (Fsp3) is 0.632. The van der Waals surface area contributed by atoms with Gasteiger partial charge in [-0.15, -0.1) is 0 Å². The van der Waals surface area contributed by atoms with Crippen LogP contribution in [-0.2, 0) is 4.79 Å². The quantitative estimate of drug-likeness (QED) is 0.831. The number of nitrogens with zero attached hydrogens (tertiary/aromatic N) is 2. The van der Waals surface area contributed by atoms with Crippen LogP contribution in [0.1, 0.15) is 43.7 Å². The zero-order chi connectivity index (χ0) is 16.9. The molecule has 0 unspecified atom stereocenters. The van der Waals surface area contributed by atoms with Gasteiger partial charge in [-0.05, 0) is 56.8 Å². The van der Waals surface area contributed by atoms with E-state index in [1.54, 1.807) is 14.2 Å². The van der Waals surface area contributed by atoms with Gasteiger partial charge in [0.15, 0.2) is 0 Å². The summed E-state index contributed by atoms with van der Waals surface area (Å²) < 4.78 is 10.9. The van der Waals surface area contributed by atoms with Crippen molar-refractivity contribution in [2.24, 2.45) is 0 Å². The van der Waals surface area contributed by atoms with E-state index >= 15 is 0 Å². The van der Waals surface area contributed by atoms with Crippen LogP contribution in [0.2, 0.25) is 0 Å². The predicted octanol–water partition coefficient (Wildman–Crippen LogP) is 2.85. The van der Waals surface area contributed by atoms with Gasteiger partial charge in [-0.2, -0.15) is 0 Å². The molecule has 2 aliphatic heterocycles. The second-order valence-corrected chi connectivity index (χ2v) is 6.68. The Hall–Kier alpha value is -1.75. The number of benzene rings is 1. The molecule has 2 fully saturated rings. The van der Waals surface area contributed by atoms with Crippen LogP contribution in [0.3, 0.4) is 0 Å². The fourth-order valence-electron chi connectivity index (χ4n) is 3.88. The molecule has 1 aromatic carbocycles. The molecule has 0 aliphatic carbocycles. The molecule has 5 heteroatoms. The van der Waals surface area contributed by atoms with Crippen LogP contribution in [0.5, 0.6) is 11.5 Å². The highest BCUT2D eigenvalue weighted by Gasteiger charge is 2.31. The highest BCUT2D eigenvalue weighted by atomic mass is 16.5. The van der Waals surface area contributed by atoms with E-state index in [0.29, 0.717) is 6.54 Å². The van der Waals surface area contributed by atoms with Gasteiger partial charge < -0.3 is 14.4 Å². The molecule has 0 saturated carbocycles. The number of methoxy groups -OCH3 is 2. The van der Waals surface area contributed by atoms with Crippen molar-refractivity contribution in [3.05, 3.63) is 23.8 Å². The highest BCUT2D eigenvalue weighted by molar-refractivity contribution is 5.78. The Labute approximate surface area is 144 Å². The summed E-state index contributed by atoms with van der Waals surface area (Å²) in [6.45, 7) is 3.30. The molecule has 1 amide bonds. The molecule has 0 N–H and O–H groups in total. The third kappa shape index (κ3) is 3.66. The molecule has 0 bridgehead atoms. The lowest BCUT2D eigenvalue weighted by Crippen LogP contribution is -2.42. The first-order chi connectivity index (χ1) is 11.7. The Morgan fingerprint density at radius 1 is 1.08 bits per heavy atom. The monoisotopic (exact) mass is 332 g/mol. The van der Waals surface area contributed by atoms with Crippen molar-refractivity contribution in [3.8, 4) is 11.5 Å². The lowest BCUT2D eigenvalue weighted by Gasteiger charge is -2.31. The summed E-state index contributed by atoms with van der Waals surface area (Å²) in [6.07, 6.45) is 5.68. The topological polar surface area (TPSA) is 42.0 Å². The van der Waals surface area contributed by atoms with Gasteiger partial charge in [0, 0.05) is 24.7 Å². The van der Waals surface area contributed by atoms with Crippen molar-refractivity contribution in [2.75, 3.05) is 40.4 Å². The van der Waals surface area contributed by atoms with E-state index < -0.39 is 0 Å². The molecular weight excluding hydrogens is 304 g/mol. The van der Waals surface area contributed by atoms with E-state index in [0.717, 1.165) is 62.4 Å². The van der Waals surface area contributed by atoms with Crippen molar-refractivity contribution in [3.63, 3.8) is 0 Å². The zero-order valence-electron chi connectivity index (χ0n) is 14.8. The Kier molecular flexibility index (Phi) is 5.61. The van der Waals surface area contributed by atoms with Crippen molar-refractivity contribution < 1.29 is 14.3 Å². The Morgan fingerprint density at radius 2 is 1.88 bits per heavy atom. The molecule has 0 radical (unpaired) electrons. The molecule has 24 heavy (non-hydrogen) atoms. The van der Waals surface area contributed by atoms with Crippen LogP contribution < -0.4 is 9.47 Å². The van der Waals surface area contributed by atoms with Gasteiger partial charge >= 0.3 is 0 Å². The summed E-state index contributed by atoms with van der Waals surface area (Å²) in [5, 5.41) is 0. The maximum atomic E-state index is 12.6. The average Bonchev–Trinajstić information content (AvgIpc) is 3.09. The summed E-state index contributed by atoms with van der Waals surface area (Å²) in [7, 11) is 3.38. The summed E-state index contributed by atoms with van der Waals surface area (Å²) >= 11 is 0. The minimum Gasteiger partial charge on any atom is -0.497 e. The smallest absolute Gasteiger partial charge is 0.236 e. The second kappa shape index (κ2) is 7.88. The third-order valence-corrected chi connectivity index (χ3v) is 5.21. The lowest BCUT2D eigenvalue weighted by atomic mass is 10.0. The highest BCUT2D eigenvalue weighted by Crippen LogP contribution is 2.38. The first-order valence-electron chi connectivity index (χ1n) is 8.96. The second-order valence-electron chi connectivity index (χ2n) is 6.68. The molecule has 3 rings (SSSR count). The van der Waals surface area contributed by atoms with Crippen LogP contribution in [0.4, 0.5) is 0 Å². The first-order valence-corrected chi connectivity index (χ1v) is 8.96. The van der Waals surface area contributed by atoms with Crippen molar-refractivity contribution in [1.82, 2.24) is 9.80 Å². The van der Waals surface area contributed by atoms with Crippen LogP contribution >= 0.6 is 0 Å². The molecule has 2 heterocycles. The van der Waals surface area contributed by atoms with Crippen molar-refractivity contribution >= 4 is 5.91 Å². The molecular formula is C19H28N2O3. The van der Waals surface area contributed by atoms with Crippen molar-refractivity contribution in [2.45, 2.75) is 38.1 Å². The molecule has 0 spiro atoms. The fourth-order valence-corrected chi connectivity index (χ4v) is 3.88. The minimum absolute atomic E-state index is 0.226. The Bertz CT molecular complexity index is 570. The van der Waals surface area contributed by atoms with E-state index in [-0.39, 0.29) is 11.9 Å². The summed E-state index contributed by atoms with van der Waals surface area (Å²) in [4.78, 5) is 17.0. The van der Waals surface area contributed by atoms with E-state index in [1.807, 2.05) is 23.1 Å². The minimum atomic E-state index is 0.226. The van der Waals surface area contributed by atoms with E-state index in [4.69, 9.17) is 9.47 Å². The van der Waals surface area contributed by atoms with Gasteiger partial charge in [0.05, 0.1) is 20.8 Å². The third-order valence-electron chi connectivity index (χ3n) is 5.21. The Balaban J connectivity index is 1.74. The molecule has 132 valence electrons. The molecule has 0 aromatic heterocycles. The molecule has 1 aromatic rings. The van der Waals surface area contributed by atoms with Gasteiger partial charge in [-0.3, -0.25) is 9.69 Å². The molecule has 1 atom stereocenters. The lowest BCUT2D eigenvalue weighted by molar-refractivity contribution is -0.133. The molecule has 2 aliphatic rings. The van der Waals surface area contributed by atoms with Crippen LogP contribution in [0.15, 0.2) is 18.2 Å². The van der Waals surface area contributed by atoms with E-state index in [2.05, 4.69) is 4.90 Å². The first kappa shape index (κ1) is 17.1. The summed E-state index contributed by atoms with van der Waals surface area (Å²) in [5.74, 6) is 1.97. The van der Waals surface area contributed by atoms with Crippen LogP contribution in [0, 0.1) is 0 Å². The van der Waals surface area contributed by atoms with Crippen LogP contribution in [-0.4, -0.2) is 56.1 Å². The van der Waals surface area contributed by atoms with E-state index in [9.17, 15) is 4.79 Å². The summed E-state index contributed by atoms with van der Waals surface area (Å²) in [6, 6.07) is 6.15. The number of hydrogen-bond acceptors (Lipinski definition) is 4. The largest absolute Gasteiger partial charge is 0.497 e. The zero-order valence-corrected chi connectivity index (χ0v) is 14.8.